The maximum absolute atomic E-state index is 13.2. The third kappa shape index (κ3) is 3.69. The Morgan fingerprint density at radius 3 is 2.67 bits per heavy atom. The number of non-ortho nitro benzene ring substituents is 1. The summed E-state index contributed by atoms with van der Waals surface area (Å²) >= 11 is 0. The third-order valence-electron chi connectivity index (χ3n) is 2.26. The van der Waals surface area contributed by atoms with Crippen LogP contribution in [0.5, 0.6) is 0 Å². The fourth-order valence-corrected chi connectivity index (χ4v) is 1.58. The van der Waals surface area contributed by atoms with E-state index in [0.29, 0.717) is 13.0 Å². The van der Waals surface area contributed by atoms with E-state index in [4.69, 9.17) is 5.11 Å². The number of hydrogen-bond donors (Lipinski definition) is 1. The molecule has 0 heterocycles. The van der Waals surface area contributed by atoms with Gasteiger partial charge in [0.15, 0.2) is 0 Å². The molecule has 0 aliphatic carbocycles. The van der Waals surface area contributed by atoms with Crippen LogP contribution < -0.4 is 4.90 Å². The molecule has 0 spiro atoms. The Labute approximate surface area is 103 Å². The second kappa shape index (κ2) is 5.95. The van der Waals surface area contributed by atoms with E-state index in [1.54, 1.807) is 0 Å². The number of nitro groups is 1. The van der Waals surface area contributed by atoms with Crippen molar-refractivity contribution in [1.82, 2.24) is 0 Å². The Morgan fingerprint density at radius 1 is 1.50 bits per heavy atom. The first-order chi connectivity index (χ1) is 8.43. The van der Waals surface area contributed by atoms with Crippen molar-refractivity contribution in [3.05, 3.63) is 34.1 Å². The summed E-state index contributed by atoms with van der Waals surface area (Å²) in [6.45, 7) is 1.89. The van der Waals surface area contributed by atoms with Crippen molar-refractivity contribution in [1.29, 1.82) is 0 Å². The zero-order valence-electron chi connectivity index (χ0n) is 9.80. The second-order valence-corrected chi connectivity index (χ2v) is 3.74. The number of carbonyl (C=O) groups is 1. The molecule has 0 aliphatic rings. The minimum Gasteiger partial charge on any atom is -0.480 e. The lowest BCUT2D eigenvalue weighted by molar-refractivity contribution is -0.385. The van der Waals surface area contributed by atoms with Gasteiger partial charge in [0.2, 0.25) is 0 Å². The molecule has 0 saturated carbocycles. The molecule has 0 amide bonds. The number of nitro benzene ring substituents is 1. The fraction of sp³-hybridized carbons (Fsp3) is 0.364. The summed E-state index contributed by atoms with van der Waals surface area (Å²) in [7, 11) is 0. The third-order valence-corrected chi connectivity index (χ3v) is 2.26. The molecule has 1 N–H and O–H groups in total. The van der Waals surface area contributed by atoms with Crippen LogP contribution in [-0.2, 0) is 4.79 Å². The van der Waals surface area contributed by atoms with Gasteiger partial charge in [-0.3, -0.25) is 14.9 Å². The van der Waals surface area contributed by atoms with E-state index in [2.05, 4.69) is 0 Å². The number of aliphatic carboxylic acids is 1. The van der Waals surface area contributed by atoms with E-state index < -0.39 is 22.4 Å². The maximum Gasteiger partial charge on any atom is 0.323 e. The number of benzene rings is 1. The molecule has 18 heavy (non-hydrogen) atoms. The average Bonchev–Trinajstić information content (AvgIpc) is 2.27. The topological polar surface area (TPSA) is 83.7 Å². The van der Waals surface area contributed by atoms with Gasteiger partial charge in [-0.15, -0.1) is 0 Å². The van der Waals surface area contributed by atoms with Crippen LogP contribution in [0.4, 0.5) is 15.8 Å². The second-order valence-electron chi connectivity index (χ2n) is 3.74. The number of nitrogens with zero attached hydrogens (tertiary/aromatic N) is 2. The quantitative estimate of drug-likeness (QED) is 0.622. The lowest BCUT2D eigenvalue weighted by Gasteiger charge is -2.21. The van der Waals surface area contributed by atoms with E-state index in [0.717, 1.165) is 12.1 Å². The number of halogens is 1. The predicted octanol–water partition coefficient (Wildman–Crippen LogP) is 2.03. The van der Waals surface area contributed by atoms with Crippen LogP contribution in [0.25, 0.3) is 0 Å². The van der Waals surface area contributed by atoms with Crippen LogP contribution in [0.1, 0.15) is 13.3 Å². The number of rotatable bonds is 6. The Kier molecular flexibility index (Phi) is 4.59. The van der Waals surface area contributed by atoms with Crippen LogP contribution >= 0.6 is 0 Å². The zero-order valence-corrected chi connectivity index (χ0v) is 9.80. The van der Waals surface area contributed by atoms with Gasteiger partial charge >= 0.3 is 5.97 Å². The summed E-state index contributed by atoms with van der Waals surface area (Å²) in [6.07, 6.45) is 0.650. The van der Waals surface area contributed by atoms with Crippen LogP contribution in [0.3, 0.4) is 0 Å². The lowest BCUT2D eigenvalue weighted by Crippen LogP contribution is -2.30. The SMILES string of the molecule is CCCN(CC(=O)O)c1cc(F)cc([N+](=O)[O-])c1. The van der Waals surface area contributed by atoms with E-state index in [9.17, 15) is 19.3 Å². The molecular formula is C11H13FN2O4. The van der Waals surface area contributed by atoms with Gasteiger partial charge in [0.25, 0.3) is 5.69 Å². The van der Waals surface area contributed by atoms with Gasteiger partial charge in [0.05, 0.1) is 11.0 Å². The average molecular weight is 256 g/mol. The molecular weight excluding hydrogens is 243 g/mol. The molecule has 0 fully saturated rings. The van der Waals surface area contributed by atoms with Crippen LogP contribution in [0, 0.1) is 15.9 Å². The van der Waals surface area contributed by atoms with Crippen molar-refractivity contribution in [2.24, 2.45) is 0 Å². The normalized spacial score (nSPS) is 10.1. The van der Waals surface area contributed by atoms with Gasteiger partial charge in [0.1, 0.15) is 12.4 Å². The fourth-order valence-electron chi connectivity index (χ4n) is 1.58. The summed E-state index contributed by atoms with van der Waals surface area (Å²) in [5, 5.41) is 19.4. The highest BCUT2D eigenvalue weighted by Gasteiger charge is 2.15. The summed E-state index contributed by atoms with van der Waals surface area (Å²) in [5.41, 5.74) is -0.192. The van der Waals surface area contributed by atoms with Crippen molar-refractivity contribution in [3.8, 4) is 0 Å². The molecule has 0 bridgehead atoms. The van der Waals surface area contributed by atoms with Gasteiger partial charge in [-0.25, -0.2) is 4.39 Å². The molecule has 0 radical (unpaired) electrons. The lowest BCUT2D eigenvalue weighted by atomic mass is 10.2. The zero-order chi connectivity index (χ0) is 13.7. The molecule has 98 valence electrons. The molecule has 1 aromatic carbocycles. The van der Waals surface area contributed by atoms with Crippen molar-refractivity contribution in [2.45, 2.75) is 13.3 Å². The van der Waals surface area contributed by atoms with Gasteiger partial charge in [-0.2, -0.15) is 0 Å². The van der Waals surface area contributed by atoms with Crippen molar-refractivity contribution >= 4 is 17.3 Å². The van der Waals surface area contributed by atoms with Gasteiger partial charge in [-0.1, -0.05) is 6.92 Å². The molecule has 7 heteroatoms. The monoisotopic (exact) mass is 256 g/mol. The molecule has 0 saturated heterocycles. The minimum absolute atomic E-state index is 0.200. The maximum atomic E-state index is 13.2. The molecule has 1 rings (SSSR count). The first kappa shape index (κ1) is 13.9. The Balaban J connectivity index is 3.10. The molecule has 0 unspecified atom stereocenters. The number of carboxylic acid groups (broad SMARTS) is 1. The van der Waals surface area contributed by atoms with Crippen LogP contribution in [-0.4, -0.2) is 29.1 Å². The number of carboxylic acids is 1. The predicted molar refractivity (Wildman–Crippen MR) is 63.2 cm³/mol. The van der Waals surface area contributed by atoms with E-state index in [1.807, 2.05) is 6.92 Å². The molecule has 0 aromatic heterocycles. The standard InChI is InChI=1S/C11H13FN2O4/c1-2-3-13(7-11(15)16)9-4-8(12)5-10(6-9)14(17)18/h4-6H,2-3,7H2,1H3,(H,15,16). The van der Waals surface area contributed by atoms with Crippen LogP contribution in [0.15, 0.2) is 18.2 Å². The van der Waals surface area contributed by atoms with Crippen molar-refractivity contribution in [3.63, 3.8) is 0 Å². The number of anilines is 1. The molecule has 6 nitrogen and oxygen atoms in total. The van der Waals surface area contributed by atoms with E-state index >= 15 is 0 Å². The largest absolute Gasteiger partial charge is 0.480 e. The molecule has 0 aliphatic heterocycles. The summed E-state index contributed by atoms with van der Waals surface area (Å²) in [4.78, 5) is 22.0. The van der Waals surface area contributed by atoms with E-state index in [1.165, 1.54) is 11.0 Å². The first-order valence-corrected chi connectivity index (χ1v) is 5.35. The highest BCUT2D eigenvalue weighted by molar-refractivity contribution is 5.74. The highest BCUT2D eigenvalue weighted by Crippen LogP contribution is 2.23. The van der Waals surface area contributed by atoms with Gasteiger partial charge < -0.3 is 10.0 Å². The minimum atomic E-state index is -1.07. The van der Waals surface area contributed by atoms with Crippen molar-refractivity contribution in [2.75, 3.05) is 18.0 Å². The summed E-state index contributed by atoms with van der Waals surface area (Å²) in [6, 6.07) is 3.06. The van der Waals surface area contributed by atoms with E-state index in [-0.39, 0.29) is 12.2 Å². The Bertz CT molecular complexity index is 464. The Hall–Kier alpha value is -2.18. The number of hydrogen-bond acceptors (Lipinski definition) is 4. The van der Waals surface area contributed by atoms with Crippen LogP contribution in [0.2, 0.25) is 0 Å². The first-order valence-electron chi connectivity index (χ1n) is 5.35. The molecule has 1 aromatic rings. The summed E-state index contributed by atoms with van der Waals surface area (Å²) < 4.78 is 13.2. The smallest absolute Gasteiger partial charge is 0.323 e. The van der Waals surface area contributed by atoms with Gasteiger partial charge in [-0.05, 0) is 12.5 Å². The Morgan fingerprint density at radius 2 is 2.17 bits per heavy atom. The van der Waals surface area contributed by atoms with Gasteiger partial charge in [0, 0.05) is 18.3 Å². The summed E-state index contributed by atoms with van der Waals surface area (Å²) in [5.74, 6) is -1.83. The highest BCUT2D eigenvalue weighted by atomic mass is 19.1. The van der Waals surface area contributed by atoms with Crippen molar-refractivity contribution < 1.29 is 19.2 Å². The molecule has 0 atom stereocenters.